The zero-order chi connectivity index (χ0) is 16.7. The van der Waals surface area contributed by atoms with Crippen LogP contribution in [0.15, 0.2) is 59.5 Å². The molecule has 124 valence electrons. The normalized spacial score (nSPS) is 11.6. The van der Waals surface area contributed by atoms with Crippen LogP contribution in [-0.2, 0) is 16.6 Å². The lowest BCUT2D eigenvalue weighted by Gasteiger charge is -2.22. The fourth-order valence-electron chi connectivity index (χ4n) is 2.34. The van der Waals surface area contributed by atoms with Gasteiger partial charge in [0.1, 0.15) is 5.75 Å². The third kappa shape index (κ3) is 4.56. The van der Waals surface area contributed by atoms with E-state index in [-0.39, 0.29) is 0 Å². The number of benzene rings is 2. The van der Waals surface area contributed by atoms with Crippen LogP contribution in [0.1, 0.15) is 25.8 Å². The van der Waals surface area contributed by atoms with Crippen molar-refractivity contribution in [1.82, 2.24) is 4.31 Å². The van der Waals surface area contributed by atoms with Crippen LogP contribution in [0.5, 0.6) is 5.75 Å². The molecule has 0 heterocycles. The highest BCUT2D eigenvalue weighted by Gasteiger charge is 2.23. The second kappa shape index (κ2) is 8.13. The molecule has 0 aliphatic carbocycles. The molecule has 0 spiro atoms. The fraction of sp³-hybridized carbons (Fsp3) is 0.333. The molecule has 0 atom stereocenters. The van der Waals surface area contributed by atoms with Gasteiger partial charge in [-0.1, -0.05) is 37.3 Å². The van der Waals surface area contributed by atoms with E-state index in [1.807, 2.05) is 44.2 Å². The summed E-state index contributed by atoms with van der Waals surface area (Å²) < 4.78 is 32.7. The summed E-state index contributed by atoms with van der Waals surface area (Å²) in [7, 11) is -3.52. The average molecular weight is 333 g/mol. The second-order valence-electron chi connectivity index (χ2n) is 5.23. The molecule has 0 unspecified atom stereocenters. The molecule has 0 fully saturated rings. The van der Waals surface area contributed by atoms with Crippen molar-refractivity contribution in [3.63, 3.8) is 0 Å². The molecule has 0 aromatic heterocycles. The summed E-state index contributed by atoms with van der Waals surface area (Å²) in [5.74, 6) is 0.677. The summed E-state index contributed by atoms with van der Waals surface area (Å²) >= 11 is 0. The topological polar surface area (TPSA) is 46.6 Å². The second-order valence-corrected chi connectivity index (χ2v) is 7.17. The van der Waals surface area contributed by atoms with Crippen molar-refractivity contribution >= 4 is 10.0 Å². The van der Waals surface area contributed by atoms with E-state index in [1.165, 1.54) is 4.31 Å². The van der Waals surface area contributed by atoms with Gasteiger partial charge in [0.2, 0.25) is 10.0 Å². The van der Waals surface area contributed by atoms with Crippen LogP contribution in [0.2, 0.25) is 0 Å². The Morgan fingerprint density at radius 3 is 2.17 bits per heavy atom. The fourth-order valence-corrected chi connectivity index (χ4v) is 3.86. The standard InChI is InChI=1S/C18H23NO3S/c1-3-14-19(15-16-8-6-5-7-9-16)23(20,21)18-12-10-17(11-13-18)22-4-2/h5-13H,3-4,14-15H2,1-2H3. The molecule has 0 aliphatic heterocycles. The average Bonchev–Trinajstić information content (AvgIpc) is 2.56. The van der Waals surface area contributed by atoms with E-state index >= 15 is 0 Å². The SMILES string of the molecule is CCCN(Cc1ccccc1)S(=O)(=O)c1ccc(OCC)cc1. The highest BCUT2D eigenvalue weighted by atomic mass is 32.2. The van der Waals surface area contributed by atoms with Gasteiger partial charge in [0.05, 0.1) is 11.5 Å². The lowest BCUT2D eigenvalue weighted by Crippen LogP contribution is -2.31. The first kappa shape index (κ1) is 17.5. The lowest BCUT2D eigenvalue weighted by molar-refractivity contribution is 0.340. The lowest BCUT2D eigenvalue weighted by atomic mass is 10.2. The molecule has 0 amide bonds. The van der Waals surface area contributed by atoms with Crippen LogP contribution >= 0.6 is 0 Å². The molecule has 0 aliphatic rings. The van der Waals surface area contributed by atoms with Gasteiger partial charge in [-0.15, -0.1) is 0 Å². The summed E-state index contributed by atoms with van der Waals surface area (Å²) in [4.78, 5) is 0.297. The maximum Gasteiger partial charge on any atom is 0.243 e. The van der Waals surface area contributed by atoms with Crippen molar-refractivity contribution in [2.75, 3.05) is 13.2 Å². The van der Waals surface area contributed by atoms with Crippen molar-refractivity contribution < 1.29 is 13.2 Å². The molecule has 2 aromatic rings. The third-order valence-electron chi connectivity index (χ3n) is 3.45. The molecule has 5 heteroatoms. The molecular weight excluding hydrogens is 310 g/mol. The number of rotatable bonds is 8. The molecule has 2 rings (SSSR count). The van der Waals surface area contributed by atoms with E-state index in [4.69, 9.17) is 4.74 Å². The molecule has 0 saturated heterocycles. The molecular formula is C18H23NO3S. The molecule has 0 radical (unpaired) electrons. The molecule has 0 bridgehead atoms. The van der Waals surface area contributed by atoms with E-state index in [1.54, 1.807) is 24.3 Å². The van der Waals surface area contributed by atoms with E-state index in [9.17, 15) is 8.42 Å². The largest absolute Gasteiger partial charge is 0.494 e. The Kier molecular flexibility index (Phi) is 6.19. The summed E-state index contributed by atoms with van der Waals surface area (Å²) in [6.07, 6.45) is 0.767. The van der Waals surface area contributed by atoms with Gasteiger partial charge in [-0.25, -0.2) is 8.42 Å². The molecule has 0 saturated carbocycles. The van der Waals surface area contributed by atoms with E-state index in [0.717, 1.165) is 12.0 Å². The Morgan fingerprint density at radius 2 is 1.61 bits per heavy atom. The Labute approximate surface area is 138 Å². The minimum absolute atomic E-state index is 0.297. The van der Waals surface area contributed by atoms with Gasteiger partial charge in [-0.05, 0) is 43.2 Å². The summed E-state index contributed by atoms with van der Waals surface area (Å²) in [6, 6.07) is 16.3. The van der Waals surface area contributed by atoms with Crippen molar-refractivity contribution in [1.29, 1.82) is 0 Å². The first-order valence-electron chi connectivity index (χ1n) is 7.85. The zero-order valence-corrected chi connectivity index (χ0v) is 14.4. The van der Waals surface area contributed by atoms with Crippen molar-refractivity contribution in [3.05, 3.63) is 60.2 Å². The zero-order valence-electron chi connectivity index (χ0n) is 13.6. The molecule has 23 heavy (non-hydrogen) atoms. The molecule has 2 aromatic carbocycles. The smallest absolute Gasteiger partial charge is 0.243 e. The highest BCUT2D eigenvalue weighted by molar-refractivity contribution is 7.89. The first-order chi connectivity index (χ1) is 11.1. The van der Waals surface area contributed by atoms with Gasteiger partial charge in [-0.3, -0.25) is 0 Å². The van der Waals surface area contributed by atoms with Crippen molar-refractivity contribution in [2.45, 2.75) is 31.7 Å². The van der Waals surface area contributed by atoms with Crippen LogP contribution in [-0.4, -0.2) is 25.9 Å². The minimum Gasteiger partial charge on any atom is -0.494 e. The Hall–Kier alpha value is -1.85. The number of sulfonamides is 1. The number of hydrogen-bond acceptors (Lipinski definition) is 3. The van der Waals surface area contributed by atoms with E-state index in [0.29, 0.717) is 30.3 Å². The summed E-state index contributed by atoms with van der Waals surface area (Å²) in [5, 5.41) is 0. The maximum absolute atomic E-state index is 12.9. The van der Waals surface area contributed by atoms with Crippen molar-refractivity contribution in [2.24, 2.45) is 0 Å². The Balaban J connectivity index is 2.25. The number of nitrogens with zero attached hydrogens (tertiary/aromatic N) is 1. The van der Waals surface area contributed by atoms with Gasteiger partial charge in [-0.2, -0.15) is 4.31 Å². The van der Waals surface area contributed by atoms with Crippen LogP contribution < -0.4 is 4.74 Å². The van der Waals surface area contributed by atoms with Gasteiger partial charge >= 0.3 is 0 Å². The first-order valence-corrected chi connectivity index (χ1v) is 9.29. The minimum atomic E-state index is -3.52. The van der Waals surface area contributed by atoms with E-state index < -0.39 is 10.0 Å². The Morgan fingerprint density at radius 1 is 0.957 bits per heavy atom. The Bertz CT molecular complexity index is 697. The quantitative estimate of drug-likeness (QED) is 0.740. The van der Waals surface area contributed by atoms with Gasteiger partial charge in [0.15, 0.2) is 0 Å². The van der Waals surface area contributed by atoms with Gasteiger partial charge in [0.25, 0.3) is 0 Å². The van der Waals surface area contributed by atoms with Gasteiger partial charge < -0.3 is 4.74 Å². The predicted molar refractivity (Wildman–Crippen MR) is 91.9 cm³/mol. The maximum atomic E-state index is 12.9. The van der Waals surface area contributed by atoms with Crippen molar-refractivity contribution in [3.8, 4) is 5.75 Å². The summed E-state index contributed by atoms with van der Waals surface area (Å²) in [5.41, 5.74) is 0.982. The van der Waals surface area contributed by atoms with E-state index in [2.05, 4.69) is 0 Å². The van der Waals surface area contributed by atoms with Crippen LogP contribution in [0.25, 0.3) is 0 Å². The predicted octanol–water partition coefficient (Wildman–Crippen LogP) is 3.69. The van der Waals surface area contributed by atoms with Crippen LogP contribution in [0.4, 0.5) is 0 Å². The monoisotopic (exact) mass is 333 g/mol. The highest BCUT2D eigenvalue weighted by Crippen LogP contribution is 2.21. The van der Waals surface area contributed by atoms with Crippen LogP contribution in [0.3, 0.4) is 0 Å². The number of ether oxygens (including phenoxy) is 1. The summed E-state index contributed by atoms with van der Waals surface area (Å²) in [6.45, 7) is 5.30. The molecule has 4 nitrogen and oxygen atoms in total. The third-order valence-corrected chi connectivity index (χ3v) is 5.31. The number of hydrogen-bond donors (Lipinski definition) is 0. The van der Waals surface area contributed by atoms with Crippen LogP contribution in [0, 0.1) is 0 Å². The van der Waals surface area contributed by atoms with Gasteiger partial charge in [0, 0.05) is 13.1 Å². The molecule has 0 N–H and O–H groups in total.